The topological polar surface area (TPSA) is 48.9 Å². The van der Waals surface area contributed by atoms with Crippen LogP contribution in [0.3, 0.4) is 0 Å². The first kappa shape index (κ1) is 19.0. The van der Waals surface area contributed by atoms with Crippen LogP contribution in [-0.4, -0.2) is 63.3 Å². The highest BCUT2D eigenvalue weighted by atomic mass is 127. The van der Waals surface area contributed by atoms with Crippen LogP contribution in [0.5, 0.6) is 0 Å². The standard InChI is InChI=1S/C15H30N4O.HI/c1-4-7-19-8-5-13(6-9-19)18-14(16-3)17-10-15(2)11-20-12-15;/h13H,4-12H2,1-3H3,(H2,16,17,18);1H. The van der Waals surface area contributed by atoms with Crippen LogP contribution in [-0.2, 0) is 4.74 Å². The maximum atomic E-state index is 5.28. The molecule has 2 aliphatic heterocycles. The van der Waals surface area contributed by atoms with Gasteiger partial charge in [0.05, 0.1) is 13.2 Å². The van der Waals surface area contributed by atoms with E-state index in [4.69, 9.17) is 4.74 Å². The van der Waals surface area contributed by atoms with E-state index >= 15 is 0 Å². The molecule has 0 amide bonds. The minimum Gasteiger partial charge on any atom is -0.380 e. The van der Waals surface area contributed by atoms with Gasteiger partial charge < -0.3 is 20.3 Å². The van der Waals surface area contributed by atoms with E-state index in [1.54, 1.807) is 0 Å². The summed E-state index contributed by atoms with van der Waals surface area (Å²) in [5.41, 5.74) is 0.280. The van der Waals surface area contributed by atoms with Crippen molar-refractivity contribution < 1.29 is 4.74 Å². The lowest BCUT2D eigenvalue weighted by molar-refractivity contribution is -0.0971. The number of hydrogen-bond donors (Lipinski definition) is 2. The highest BCUT2D eigenvalue weighted by Gasteiger charge is 2.33. The number of piperidine rings is 1. The molecule has 2 heterocycles. The molecule has 2 fully saturated rings. The summed E-state index contributed by atoms with van der Waals surface area (Å²) >= 11 is 0. The molecular weight excluding hydrogens is 379 g/mol. The fourth-order valence-electron chi connectivity index (χ4n) is 2.85. The van der Waals surface area contributed by atoms with E-state index in [0.717, 1.165) is 25.7 Å². The summed E-state index contributed by atoms with van der Waals surface area (Å²) in [5.74, 6) is 0.937. The molecule has 6 heteroatoms. The third kappa shape index (κ3) is 5.90. The fraction of sp³-hybridized carbons (Fsp3) is 0.933. The third-order valence-corrected chi connectivity index (χ3v) is 4.28. The molecule has 0 aromatic heterocycles. The smallest absolute Gasteiger partial charge is 0.191 e. The van der Waals surface area contributed by atoms with Crippen molar-refractivity contribution in [2.24, 2.45) is 10.4 Å². The second-order valence-corrected chi connectivity index (χ2v) is 6.49. The number of nitrogens with zero attached hydrogens (tertiary/aromatic N) is 2. The van der Waals surface area contributed by atoms with Crippen LogP contribution >= 0.6 is 24.0 Å². The van der Waals surface area contributed by atoms with Gasteiger partial charge in [-0.05, 0) is 25.8 Å². The zero-order valence-corrected chi connectivity index (χ0v) is 16.0. The summed E-state index contributed by atoms with van der Waals surface area (Å²) in [6.07, 6.45) is 3.67. The molecule has 0 saturated carbocycles. The Balaban J connectivity index is 0.00000220. The Morgan fingerprint density at radius 2 is 2.00 bits per heavy atom. The van der Waals surface area contributed by atoms with Gasteiger partial charge in [0.1, 0.15) is 0 Å². The van der Waals surface area contributed by atoms with Gasteiger partial charge in [0.25, 0.3) is 0 Å². The number of aliphatic imine (C=N–C) groups is 1. The molecule has 5 nitrogen and oxygen atoms in total. The largest absolute Gasteiger partial charge is 0.380 e. The van der Waals surface area contributed by atoms with Crippen molar-refractivity contribution in [3.8, 4) is 0 Å². The van der Waals surface area contributed by atoms with Crippen LogP contribution in [0.4, 0.5) is 0 Å². The maximum absolute atomic E-state index is 5.28. The molecule has 0 unspecified atom stereocenters. The summed E-state index contributed by atoms with van der Waals surface area (Å²) in [5, 5.41) is 7.00. The Hall–Kier alpha value is -0.0800. The summed E-state index contributed by atoms with van der Waals surface area (Å²) in [7, 11) is 1.85. The van der Waals surface area contributed by atoms with Crippen molar-refractivity contribution in [2.75, 3.05) is 46.4 Å². The first-order valence-electron chi connectivity index (χ1n) is 7.92. The Labute approximate surface area is 146 Å². The molecule has 2 rings (SSSR count). The predicted molar refractivity (Wildman–Crippen MR) is 98.6 cm³/mol. The van der Waals surface area contributed by atoms with Crippen molar-refractivity contribution in [2.45, 2.75) is 39.2 Å². The Kier molecular flexibility index (Phi) is 8.26. The van der Waals surface area contributed by atoms with E-state index in [2.05, 4.69) is 34.4 Å². The van der Waals surface area contributed by atoms with Gasteiger partial charge in [0, 0.05) is 38.1 Å². The van der Waals surface area contributed by atoms with Crippen molar-refractivity contribution in [1.29, 1.82) is 0 Å². The van der Waals surface area contributed by atoms with Crippen molar-refractivity contribution >= 4 is 29.9 Å². The molecule has 0 radical (unpaired) electrons. The van der Waals surface area contributed by atoms with E-state index in [0.29, 0.717) is 6.04 Å². The zero-order valence-electron chi connectivity index (χ0n) is 13.7. The van der Waals surface area contributed by atoms with Gasteiger partial charge in [-0.3, -0.25) is 4.99 Å². The number of halogens is 1. The summed E-state index contributed by atoms with van der Waals surface area (Å²) in [6, 6.07) is 0.555. The summed E-state index contributed by atoms with van der Waals surface area (Å²) < 4.78 is 5.28. The van der Waals surface area contributed by atoms with Crippen LogP contribution in [0, 0.1) is 5.41 Å². The molecule has 21 heavy (non-hydrogen) atoms. The molecular formula is C15H31IN4O. The molecule has 0 aliphatic carbocycles. The number of hydrogen-bond acceptors (Lipinski definition) is 3. The van der Waals surface area contributed by atoms with E-state index in [1.807, 2.05) is 7.05 Å². The van der Waals surface area contributed by atoms with Crippen LogP contribution in [0.1, 0.15) is 33.1 Å². The zero-order chi connectivity index (χ0) is 14.4. The van der Waals surface area contributed by atoms with E-state index in [1.165, 1.54) is 38.9 Å². The minimum absolute atomic E-state index is 0. The second kappa shape index (κ2) is 9.15. The average molecular weight is 410 g/mol. The maximum Gasteiger partial charge on any atom is 0.191 e. The number of likely N-dealkylation sites (tertiary alicyclic amines) is 1. The van der Waals surface area contributed by atoms with Crippen molar-refractivity contribution in [3.63, 3.8) is 0 Å². The Morgan fingerprint density at radius 1 is 1.33 bits per heavy atom. The molecule has 0 aromatic rings. The normalized spacial score (nSPS) is 23.1. The van der Waals surface area contributed by atoms with Crippen LogP contribution < -0.4 is 10.6 Å². The van der Waals surface area contributed by atoms with Gasteiger partial charge >= 0.3 is 0 Å². The molecule has 2 saturated heterocycles. The number of guanidine groups is 1. The predicted octanol–water partition coefficient (Wildman–Crippen LogP) is 1.68. The average Bonchev–Trinajstić information content (AvgIpc) is 2.43. The summed E-state index contributed by atoms with van der Waals surface area (Å²) in [6.45, 7) is 10.8. The van der Waals surface area contributed by atoms with Gasteiger partial charge in [0.15, 0.2) is 5.96 Å². The second-order valence-electron chi connectivity index (χ2n) is 6.49. The van der Waals surface area contributed by atoms with Crippen LogP contribution in [0.15, 0.2) is 4.99 Å². The van der Waals surface area contributed by atoms with Crippen LogP contribution in [0.25, 0.3) is 0 Å². The molecule has 0 aromatic carbocycles. The van der Waals surface area contributed by atoms with Crippen molar-refractivity contribution in [3.05, 3.63) is 0 Å². The summed E-state index contributed by atoms with van der Waals surface area (Å²) in [4.78, 5) is 6.90. The molecule has 0 bridgehead atoms. The van der Waals surface area contributed by atoms with E-state index in [9.17, 15) is 0 Å². The van der Waals surface area contributed by atoms with Crippen molar-refractivity contribution in [1.82, 2.24) is 15.5 Å². The third-order valence-electron chi connectivity index (χ3n) is 4.28. The van der Waals surface area contributed by atoms with E-state index < -0.39 is 0 Å². The monoisotopic (exact) mass is 410 g/mol. The van der Waals surface area contributed by atoms with Gasteiger partial charge in [-0.2, -0.15) is 0 Å². The molecule has 0 atom stereocenters. The van der Waals surface area contributed by atoms with Crippen LogP contribution in [0.2, 0.25) is 0 Å². The lowest BCUT2D eigenvalue weighted by Crippen LogP contribution is -2.53. The number of ether oxygens (including phenoxy) is 1. The number of rotatable bonds is 5. The van der Waals surface area contributed by atoms with Gasteiger partial charge in [0.2, 0.25) is 0 Å². The van der Waals surface area contributed by atoms with Gasteiger partial charge in [-0.1, -0.05) is 13.8 Å². The van der Waals surface area contributed by atoms with E-state index in [-0.39, 0.29) is 29.4 Å². The molecule has 2 N–H and O–H groups in total. The number of nitrogens with one attached hydrogen (secondary N) is 2. The highest BCUT2D eigenvalue weighted by Crippen LogP contribution is 2.24. The SMILES string of the molecule is CCCN1CCC(NC(=NC)NCC2(C)COC2)CC1.I. The molecule has 124 valence electrons. The van der Waals surface area contributed by atoms with Gasteiger partial charge in [-0.25, -0.2) is 0 Å². The fourth-order valence-corrected chi connectivity index (χ4v) is 2.85. The molecule has 2 aliphatic rings. The lowest BCUT2D eigenvalue weighted by atomic mass is 9.89. The first-order valence-corrected chi connectivity index (χ1v) is 7.92. The first-order chi connectivity index (χ1) is 9.65. The quantitative estimate of drug-likeness (QED) is 0.412. The molecule has 0 spiro atoms. The Bertz CT molecular complexity index is 326. The van der Waals surface area contributed by atoms with Gasteiger partial charge in [-0.15, -0.1) is 24.0 Å². The Morgan fingerprint density at radius 3 is 2.48 bits per heavy atom. The highest BCUT2D eigenvalue weighted by molar-refractivity contribution is 14.0. The minimum atomic E-state index is 0. The lowest BCUT2D eigenvalue weighted by Gasteiger charge is -2.39.